The highest BCUT2D eigenvalue weighted by atomic mass is 32.1. The zero-order chi connectivity index (χ0) is 12.0. The van der Waals surface area contributed by atoms with E-state index >= 15 is 0 Å². The quantitative estimate of drug-likeness (QED) is 0.780. The second-order valence-electron chi connectivity index (χ2n) is 3.77. The van der Waals surface area contributed by atoms with E-state index in [1.807, 2.05) is 11.4 Å². The second kappa shape index (κ2) is 6.31. The predicted molar refractivity (Wildman–Crippen MR) is 67.4 cm³/mol. The molecule has 0 aromatic carbocycles. The molecule has 0 fully saturated rings. The van der Waals surface area contributed by atoms with Crippen LogP contribution in [0.15, 0.2) is 11.4 Å². The van der Waals surface area contributed by atoms with Crippen molar-refractivity contribution in [3.63, 3.8) is 0 Å². The van der Waals surface area contributed by atoms with E-state index in [0.29, 0.717) is 23.9 Å². The molecule has 3 nitrogen and oxygen atoms in total. The largest absolute Gasteiger partial charge is 0.351 e. The number of hydrogen-bond acceptors (Lipinski definition) is 3. The standard InChI is InChI=1S/C12H16N2OS/c1-9(2)8-14-12(15)11-10(4-3-6-13)5-7-16-11/h5,7,9H,6,8,13H2,1-2H3,(H,14,15). The molecule has 0 radical (unpaired) electrons. The second-order valence-corrected chi connectivity index (χ2v) is 4.69. The van der Waals surface area contributed by atoms with E-state index in [1.54, 1.807) is 0 Å². The smallest absolute Gasteiger partial charge is 0.262 e. The van der Waals surface area contributed by atoms with Crippen LogP contribution in [0.25, 0.3) is 0 Å². The Hall–Kier alpha value is -1.31. The molecule has 0 aliphatic carbocycles. The highest BCUT2D eigenvalue weighted by molar-refractivity contribution is 7.12. The molecule has 1 aromatic heterocycles. The van der Waals surface area contributed by atoms with Gasteiger partial charge in [0, 0.05) is 12.1 Å². The summed E-state index contributed by atoms with van der Waals surface area (Å²) in [5.41, 5.74) is 6.06. The Morgan fingerprint density at radius 3 is 3.00 bits per heavy atom. The molecule has 86 valence electrons. The first kappa shape index (κ1) is 12.8. The van der Waals surface area contributed by atoms with Crippen LogP contribution < -0.4 is 11.1 Å². The minimum Gasteiger partial charge on any atom is -0.351 e. The topological polar surface area (TPSA) is 55.1 Å². The van der Waals surface area contributed by atoms with Gasteiger partial charge in [-0.05, 0) is 17.4 Å². The van der Waals surface area contributed by atoms with E-state index in [0.717, 1.165) is 5.56 Å². The molecular formula is C12H16N2OS. The average molecular weight is 236 g/mol. The van der Waals surface area contributed by atoms with Crippen molar-refractivity contribution in [2.24, 2.45) is 11.7 Å². The summed E-state index contributed by atoms with van der Waals surface area (Å²) in [6.07, 6.45) is 0. The number of carbonyl (C=O) groups is 1. The lowest BCUT2D eigenvalue weighted by molar-refractivity contribution is 0.0953. The van der Waals surface area contributed by atoms with Gasteiger partial charge in [0.2, 0.25) is 0 Å². The van der Waals surface area contributed by atoms with Crippen LogP contribution >= 0.6 is 11.3 Å². The number of rotatable bonds is 3. The van der Waals surface area contributed by atoms with Gasteiger partial charge in [0.1, 0.15) is 4.88 Å². The van der Waals surface area contributed by atoms with Gasteiger partial charge in [-0.2, -0.15) is 0 Å². The Balaban J connectivity index is 2.72. The minimum atomic E-state index is -0.0509. The molecule has 1 amide bonds. The third-order valence-electron chi connectivity index (χ3n) is 1.87. The zero-order valence-corrected chi connectivity index (χ0v) is 10.4. The molecular weight excluding hydrogens is 220 g/mol. The molecule has 0 bridgehead atoms. The van der Waals surface area contributed by atoms with Gasteiger partial charge in [-0.3, -0.25) is 4.79 Å². The number of amides is 1. The van der Waals surface area contributed by atoms with Crippen LogP contribution in [0.5, 0.6) is 0 Å². The third-order valence-corrected chi connectivity index (χ3v) is 2.78. The molecule has 0 atom stereocenters. The summed E-state index contributed by atoms with van der Waals surface area (Å²) in [4.78, 5) is 12.5. The van der Waals surface area contributed by atoms with Gasteiger partial charge in [0.05, 0.1) is 6.54 Å². The molecule has 1 heterocycles. The number of carbonyl (C=O) groups excluding carboxylic acids is 1. The predicted octanol–water partition coefficient (Wildman–Crippen LogP) is 1.44. The third kappa shape index (κ3) is 3.69. The van der Waals surface area contributed by atoms with Crippen molar-refractivity contribution in [2.45, 2.75) is 13.8 Å². The van der Waals surface area contributed by atoms with Crippen LogP contribution in [0, 0.1) is 17.8 Å². The summed E-state index contributed by atoms with van der Waals surface area (Å²) in [5, 5.41) is 4.74. The van der Waals surface area contributed by atoms with Crippen molar-refractivity contribution in [1.82, 2.24) is 5.32 Å². The monoisotopic (exact) mass is 236 g/mol. The van der Waals surface area contributed by atoms with Crippen molar-refractivity contribution in [3.05, 3.63) is 21.9 Å². The molecule has 1 aromatic rings. The first-order valence-corrected chi connectivity index (χ1v) is 6.07. The van der Waals surface area contributed by atoms with Crippen LogP contribution in [0.2, 0.25) is 0 Å². The van der Waals surface area contributed by atoms with Crippen molar-refractivity contribution >= 4 is 17.2 Å². The lowest BCUT2D eigenvalue weighted by Crippen LogP contribution is -2.27. The highest BCUT2D eigenvalue weighted by Gasteiger charge is 2.11. The van der Waals surface area contributed by atoms with E-state index in [4.69, 9.17) is 5.73 Å². The van der Waals surface area contributed by atoms with Crippen molar-refractivity contribution in [1.29, 1.82) is 0 Å². The van der Waals surface area contributed by atoms with Crippen molar-refractivity contribution in [2.75, 3.05) is 13.1 Å². The minimum absolute atomic E-state index is 0.0509. The number of thiophene rings is 1. The molecule has 0 saturated heterocycles. The van der Waals surface area contributed by atoms with E-state index in [2.05, 4.69) is 31.0 Å². The lowest BCUT2D eigenvalue weighted by Gasteiger charge is -2.06. The number of hydrogen-bond donors (Lipinski definition) is 2. The van der Waals surface area contributed by atoms with Gasteiger partial charge in [0.25, 0.3) is 5.91 Å². The van der Waals surface area contributed by atoms with E-state index in [1.165, 1.54) is 11.3 Å². The maximum atomic E-state index is 11.8. The van der Waals surface area contributed by atoms with Gasteiger partial charge in [-0.25, -0.2) is 0 Å². The van der Waals surface area contributed by atoms with Gasteiger partial charge >= 0.3 is 0 Å². The summed E-state index contributed by atoms with van der Waals surface area (Å²) in [5.74, 6) is 6.05. The fourth-order valence-electron chi connectivity index (χ4n) is 1.11. The normalized spacial score (nSPS) is 9.75. The van der Waals surface area contributed by atoms with Gasteiger partial charge in [-0.15, -0.1) is 11.3 Å². The molecule has 0 saturated carbocycles. The average Bonchev–Trinajstić information content (AvgIpc) is 2.71. The summed E-state index contributed by atoms with van der Waals surface area (Å²) < 4.78 is 0. The first-order valence-electron chi connectivity index (χ1n) is 5.19. The Labute approximate surface area is 100 Å². The van der Waals surface area contributed by atoms with Crippen LogP contribution in [0.3, 0.4) is 0 Å². The highest BCUT2D eigenvalue weighted by Crippen LogP contribution is 2.15. The Morgan fingerprint density at radius 1 is 1.62 bits per heavy atom. The lowest BCUT2D eigenvalue weighted by atomic mass is 10.2. The van der Waals surface area contributed by atoms with Crippen molar-refractivity contribution < 1.29 is 4.79 Å². The summed E-state index contributed by atoms with van der Waals surface area (Å²) in [7, 11) is 0. The number of nitrogens with two attached hydrogens (primary N) is 1. The SMILES string of the molecule is CC(C)CNC(=O)c1sccc1C#CCN. The maximum absolute atomic E-state index is 11.8. The van der Waals surface area contributed by atoms with Gasteiger partial charge in [0.15, 0.2) is 0 Å². The molecule has 1 rings (SSSR count). The molecule has 4 heteroatoms. The van der Waals surface area contributed by atoms with E-state index in [9.17, 15) is 4.79 Å². The van der Waals surface area contributed by atoms with Gasteiger partial charge in [-0.1, -0.05) is 25.7 Å². The van der Waals surface area contributed by atoms with Crippen LogP contribution in [0.1, 0.15) is 29.1 Å². The molecule has 0 aliphatic rings. The first-order chi connectivity index (χ1) is 7.65. The molecule has 0 aliphatic heterocycles. The molecule has 16 heavy (non-hydrogen) atoms. The zero-order valence-electron chi connectivity index (χ0n) is 9.54. The van der Waals surface area contributed by atoms with Crippen molar-refractivity contribution in [3.8, 4) is 11.8 Å². The summed E-state index contributed by atoms with van der Waals surface area (Å²) in [6, 6.07) is 1.84. The van der Waals surface area contributed by atoms with Crippen LogP contribution in [0.4, 0.5) is 0 Å². The summed E-state index contributed by atoms with van der Waals surface area (Å²) in [6.45, 7) is 5.11. The Kier molecular flexibility index (Phi) is 5.03. The summed E-state index contributed by atoms with van der Waals surface area (Å²) >= 11 is 1.40. The fraction of sp³-hybridized carbons (Fsp3) is 0.417. The Bertz CT molecular complexity index is 412. The molecule has 0 unspecified atom stereocenters. The fourth-order valence-corrected chi connectivity index (χ4v) is 1.87. The van der Waals surface area contributed by atoms with Crippen LogP contribution in [-0.2, 0) is 0 Å². The van der Waals surface area contributed by atoms with Gasteiger partial charge < -0.3 is 11.1 Å². The van der Waals surface area contributed by atoms with Crippen LogP contribution in [-0.4, -0.2) is 19.0 Å². The van der Waals surface area contributed by atoms with E-state index in [-0.39, 0.29) is 5.91 Å². The molecule has 3 N–H and O–H groups in total. The Morgan fingerprint density at radius 2 is 2.38 bits per heavy atom. The van der Waals surface area contributed by atoms with E-state index < -0.39 is 0 Å². The number of nitrogens with one attached hydrogen (secondary N) is 1. The maximum Gasteiger partial charge on any atom is 0.262 e. The molecule has 0 spiro atoms.